The number of carbonyl (C=O) groups is 2. The molecule has 0 bridgehead atoms. The van der Waals surface area contributed by atoms with Gasteiger partial charge >= 0.3 is 0 Å². The highest BCUT2D eigenvalue weighted by Crippen LogP contribution is 2.36. The summed E-state index contributed by atoms with van der Waals surface area (Å²) in [5.74, 6) is 0.113. The lowest BCUT2D eigenvalue weighted by atomic mass is 10.0. The average molecular weight is 399 g/mol. The Morgan fingerprint density at radius 3 is 2.27 bits per heavy atom. The zero-order valence-corrected chi connectivity index (χ0v) is 17.1. The van der Waals surface area contributed by atoms with Crippen LogP contribution in [0.4, 0.5) is 17.1 Å². The maximum absolute atomic E-state index is 13.5. The van der Waals surface area contributed by atoms with Crippen LogP contribution in [0.1, 0.15) is 36.9 Å². The molecule has 2 amide bonds. The van der Waals surface area contributed by atoms with Crippen molar-refractivity contribution in [3.63, 3.8) is 0 Å². The van der Waals surface area contributed by atoms with E-state index in [2.05, 4.69) is 24.5 Å². The van der Waals surface area contributed by atoms with Crippen LogP contribution in [0, 0.1) is 0 Å². The quantitative estimate of drug-likeness (QED) is 0.638. The number of anilines is 3. The maximum atomic E-state index is 13.5. The van der Waals surface area contributed by atoms with Crippen molar-refractivity contribution < 1.29 is 9.59 Å². The third kappa shape index (κ3) is 4.06. The molecule has 4 rings (SSSR count). The molecule has 152 valence electrons. The highest BCUT2D eigenvalue weighted by atomic mass is 16.2. The fourth-order valence-electron chi connectivity index (χ4n) is 3.76. The number of benzene rings is 3. The fraction of sp³-hybridized carbons (Fsp3) is 0.200. The van der Waals surface area contributed by atoms with Gasteiger partial charge in [-0.15, -0.1) is 0 Å². The third-order valence-electron chi connectivity index (χ3n) is 5.32. The molecular weight excluding hydrogens is 374 g/mol. The van der Waals surface area contributed by atoms with Gasteiger partial charge in [-0.1, -0.05) is 68.4 Å². The minimum atomic E-state index is -0.636. The van der Waals surface area contributed by atoms with Gasteiger partial charge in [0, 0.05) is 5.69 Å². The topological polar surface area (TPSA) is 61.4 Å². The van der Waals surface area contributed by atoms with Gasteiger partial charge in [0.25, 0.3) is 5.91 Å². The van der Waals surface area contributed by atoms with Crippen molar-refractivity contribution in [1.29, 1.82) is 0 Å². The van der Waals surface area contributed by atoms with E-state index in [1.54, 1.807) is 0 Å². The molecule has 30 heavy (non-hydrogen) atoms. The zero-order valence-electron chi connectivity index (χ0n) is 17.1. The molecule has 5 nitrogen and oxygen atoms in total. The molecule has 0 spiro atoms. The van der Waals surface area contributed by atoms with E-state index in [9.17, 15) is 9.59 Å². The first-order chi connectivity index (χ1) is 14.5. The summed E-state index contributed by atoms with van der Waals surface area (Å²) in [5.41, 5.74) is 4.33. The van der Waals surface area contributed by atoms with Gasteiger partial charge in [-0.2, -0.15) is 0 Å². The first-order valence-electron chi connectivity index (χ1n) is 10.1. The highest BCUT2D eigenvalue weighted by molar-refractivity contribution is 6.05. The van der Waals surface area contributed by atoms with Crippen LogP contribution in [0.25, 0.3) is 0 Å². The number of hydrogen-bond acceptors (Lipinski definition) is 3. The van der Waals surface area contributed by atoms with Crippen molar-refractivity contribution in [1.82, 2.24) is 0 Å². The Labute approximate surface area is 176 Å². The number of rotatable bonds is 5. The standard InChI is InChI=1S/C25H25N3O2/c1-17(2)18-12-14-20(15-13-18)26-25(30)24(19-8-4-3-5-9-19)28-16-23(29)27-21-10-6-7-11-22(21)28/h3-15,17,24H,16H2,1-2H3,(H,26,30)(H,27,29)/t24-/m0/s1. The molecule has 3 aromatic rings. The van der Waals surface area contributed by atoms with Crippen molar-refractivity contribution in [2.75, 3.05) is 22.1 Å². The van der Waals surface area contributed by atoms with Crippen molar-refractivity contribution in [2.45, 2.75) is 25.8 Å². The molecule has 3 aromatic carbocycles. The molecule has 0 aromatic heterocycles. The number of fused-ring (bicyclic) bond motifs is 1. The molecule has 1 aliphatic rings. The SMILES string of the molecule is CC(C)c1ccc(NC(=O)[C@H](c2ccccc2)N2CC(=O)Nc3ccccc32)cc1. The molecule has 0 aliphatic carbocycles. The summed E-state index contributed by atoms with van der Waals surface area (Å²) in [6.07, 6.45) is 0. The lowest BCUT2D eigenvalue weighted by Crippen LogP contribution is -2.44. The van der Waals surface area contributed by atoms with Crippen LogP contribution in [0.5, 0.6) is 0 Å². The van der Waals surface area contributed by atoms with Gasteiger partial charge in [-0.25, -0.2) is 0 Å². The number of hydrogen-bond donors (Lipinski definition) is 2. The summed E-state index contributed by atoms with van der Waals surface area (Å²) >= 11 is 0. The number of amides is 2. The minimum absolute atomic E-state index is 0.107. The van der Waals surface area contributed by atoms with E-state index in [0.717, 1.165) is 16.9 Å². The molecule has 1 aliphatic heterocycles. The predicted molar refractivity (Wildman–Crippen MR) is 121 cm³/mol. The minimum Gasteiger partial charge on any atom is -0.345 e. The summed E-state index contributed by atoms with van der Waals surface area (Å²) in [7, 11) is 0. The summed E-state index contributed by atoms with van der Waals surface area (Å²) in [4.78, 5) is 27.7. The van der Waals surface area contributed by atoms with Crippen molar-refractivity contribution in [2.24, 2.45) is 0 Å². The van der Waals surface area contributed by atoms with E-state index in [1.165, 1.54) is 5.56 Å². The van der Waals surface area contributed by atoms with Gasteiger partial charge in [-0.3, -0.25) is 9.59 Å². The molecule has 5 heteroatoms. The Morgan fingerprint density at radius 2 is 1.57 bits per heavy atom. The van der Waals surface area contributed by atoms with Gasteiger partial charge < -0.3 is 15.5 Å². The van der Waals surface area contributed by atoms with Crippen molar-refractivity contribution >= 4 is 28.9 Å². The number of nitrogens with zero attached hydrogens (tertiary/aromatic N) is 1. The smallest absolute Gasteiger partial charge is 0.251 e. The Hall–Kier alpha value is -3.60. The summed E-state index contributed by atoms with van der Waals surface area (Å²) in [5, 5.41) is 5.93. The summed E-state index contributed by atoms with van der Waals surface area (Å²) in [6.45, 7) is 4.38. The molecule has 0 saturated heterocycles. The van der Waals surface area contributed by atoms with E-state index < -0.39 is 6.04 Å². The van der Waals surface area contributed by atoms with Crippen LogP contribution in [0.15, 0.2) is 78.9 Å². The maximum Gasteiger partial charge on any atom is 0.251 e. The Balaban J connectivity index is 1.69. The molecule has 0 radical (unpaired) electrons. The van der Waals surface area contributed by atoms with Crippen LogP contribution in [0.3, 0.4) is 0 Å². The summed E-state index contributed by atoms with van der Waals surface area (Å²) in [6, 6.07) is 24.4. The molecule has 0 fully saturated rings. The highest BCUT2D eigenvalue weighted by Gasteiger charge is 2.33. The number of para-hydroxylation sites is 2. The molecular formula is C25H25N3O2. The van der Waals surface area contributed by atoms with E-state index in [4.69, 9.17) is 0 Å². The lowest BCUT2D eigenvalue weighted by Gasteiger charge is -2.36. The van der Waals surface area contributed by atoms with Crippen molar-refractivity contribution in [3.8, 4) is 0 Å². The van der Waals surface area contributed by atoms with Gasteiger partial charge in [0.2, 0.25) is 5.91 Å². The molecule has 0 saturated carbocycles. The Kier molecular flexibility index (Phi) is 5.53. The van der Waals surface area contributed by atoms with Gasteiger partial charge in [0.1, 0.15) is 6.04 Å². The van der Waals surface area contributed by atoms with E-state index in [1.807, 2.05) is 83.8 Å². The molecule has 2 N–H and O–H groups in total. The third-order valence-corrected chi connectivity index (χ3v) is 5.32. The van der Waals surface area contributed by atoms with Crippen molar-refractivity contribution in [3.05, 3.63) is 90.0 Å². The Morgan fingerprint density at radius 1 is 0.900 bits per heavy atom. The normalized spacial score (nSPS) is 14.1. The van der Waals surface area contributed by atoms with Gasteiger partial charge in [0.05, 0.1) is 17.9 Å². The molecule has 1 atom stereocenters. The van der Waals surface area contributed by atoms with Crippen LogP contribution < -0.4 is 15.5 Å². The number of carbonyl (C=O) groups excluding carboxylic acids is 2. The Bertz CT molecular complexity index is 1050. The van der Waals surface area contributed by atoms with Crippen LogP contribution in [-0.4, -0.2) is 18.4 Å². The van der Waals surface area contributed by atoms with Crippen LogP contribution >= 0.6 is 0 Å². The predicted octanol–water partition coefficient (Wildman–Crippen LogP) is 4.95. The fourth-order valence-corrected chi connectivity index (χ4v) is 3.76. The first-order valence-corrected chi connectivity index (χ1v) is 10.1. The number of nitrogens with one attached hydrogen (secondary N) is 2. The van der Waals surface area contributed by atoms with E-state index in [-0.39, 0.29) is 18.4 Å². The lowest BCUT2D eigenvalue weighted by molar-refractivity contribution is -0.118. The summed E-state index contributed by atoms with van der Waals surface area (Å²) < 4.78 is 0. The second kappa shape index (κ2) is 8.41. The van der Waals surface area contributed by atoms with E-state index >= 15 is 0 Å². The average Bonchev–Trinajstić information content (AvgIpc) is 2.75. The van der Waals surface area contributed by atoms with Crippen LogP contribution in [-0.2, 0) is 9.59 Å². The monoisotopic (exact) mass is 399 g/mol. The van der Waals surface area contributed by atoms with Gasteiger partial charge in [-0.05, 0) is 41.3 Å². The van der Waals surface area contributed by atoms with Gasteiger partial charge in [0.15, 0.2) is 0 Å². The molecule has 0 unspecified atom stereocenters. The first kappa shape index (κ1) is 19.7. The zero-order chi connectivity index (χ0) is 21.1. The van der Waals surface area contributed by atoms with E-state index in [0.29, 0.717) is 11.6 Å². The second-order valence-electron chi connectivity index (χ2n) is 7.77. The molecule has 1 heterocycles. The largest absolute Gasteiger partial charge is 0.345 e. The second-order valence-corrected chi connectivity index (χ2v) is 7.77. The van der Waals surface area contributed by atoms with Crippen LogP contribution in [0.2, 0.25) is 0 Å².